The third-order valence-electron chi connectivity index (χ3n) is 4.80. The van der Waals surface area contributed by atoms with Crippen molar-refractivity contribution >= 4 is 17.2 Å². The number of carbonyl (C=O) groups excluding carboxylic acids is 1. The van der Waals surface area contributed by atoms with Crippen molar-refractivity contribution in [2.24, 2.45) is 0 Å². The summed E-state index contributed by atoms with van der Waals surface area (Å²) < 4.78 is 11.1. The van der Waals surface area contributed by atoms with Crippen molar-refractivity contribution < 1.29 is 14.3 Å². The van der Waals surface area contributed by atoms with E-state index in [4.69, 9.17) is 9.47 Å². The molecule has 0 spiro atoms. The van der Waals surface area contributed by atoms with Gasteiger partial charge in [-0.3, -0.25) is 4.79 Å². The van der Waals surface area contributed by atoms with Crippen LogP contribution in [0.1, 0.15) is 65.1 Å². The molecule has 2 heterocycles. The SMILES string of the molecule is O=C(NCCCOCC1CCCO1)c1cc2c(s1)CCCCCC2. The zero-order valence-electron chi connectivity index (χ0n) is 14.5. The lowest BCUT2D eigenvalue weighted by Gasteiger charge is -2.10. The van der Waals surface area contributed by atoms with E-state index in [-0.39, 0.29) is 12.0 Å². The molecule has 5 heteroatoms. The van der Waals surface area contributed by atoms with E-state index in [1.165, 1.54) is 36.1 Å². The Bertz CT molecular complexity index is 497. The van der Waals surface area contributed by atoms with Gasteiger partial charge in [0, 0.05) is 24.6 Å². The normalized spacial score (nSPS) is 21.1. The van der Waals surface area contributed by atoms with Gasteiger partial charge in [-0.05, 0) is 56.6 Å². The molecule has 0 aromatic carbocycles. The number of nitrogens with one attached hydrogen (secondary N) is 1. The number of ether oxygens (including phenoxy) is 2. The van der Waals surface area contributed by atoms with Gasteiger partial charge in [-0.25, -0.2) is 0 Å². The molecule has 1 amide bonds. The average Bonchev–Trinajstić information content (AvgIpc) is 3.20. The van der Waals surface area contributed by atoms with Gasteiger partial charge in [-0.1, -0.05) is 12.8 Å². The van der Waals surface area contributed by atoms with Gasteiger partial charge < -0.3 is 14.8 Å². The highest BCUT2D eigenvalue weighted by molar-refractivity contribution is 7.14. The van der Waals surface area contributed by atoms with Crippen LogP contribution in [0.2, 0.25) is 0 Å². The molecule has 134 valence electrons. The van der Waals surface area contributed by atoms with Crippen LogP contribution in [-0.4, -0.2) is 38.4 Å². The molecular weight excluding hydrogens is 322 g/mol. The molecule has 1 saturated heterocycles. The number of hydrogen-bond donors (Lipinski definition) is 1. The first-order chi connectivity index (χ1) is 11.8. The largest absolute Gasteiger partial charge is 0.379 e. The predicted octanol–water partition coefficient (Wildman–Crippen LogP) is 3.72. The van der Waals surface area contributed by atoms with Crippen LogP contribution in [0.15, 0.2) is 6.07 Å². The molecule has 1 fully saturated rings. The van der Waals surface area contributed by atoms with E-state index in [1.807, 2.05) is 0 Å². The molecule has 1 N–H and O–H groups in total. The Balaban J connectivity index is 1.35. The fourth-order valence-electron chi connectivity index (χ4n) is 3.41. The number of fused-ring (bicyclic) bond motifs is 1. The van der Waals surface area contributed by atoms with E-state index in [0.29, 0.717) is 19.8 Å². The second kappa shape index (κ2) is 9.54. The van der Waals surface area contributed by atoms with E-state index in [1.54, 1.807) is 11.3 Å². The summed E-state index contributed by atoms with van der Waals surface area (Å²) in [4.78, 5) is 14.6. The Morgan fingerprint density at radius 3 is 2.96 bits per heavy atom. The molecule has 1 aromatic heterocycles. The standard InChI is InChI=1S/C19H29NO3S/c21-19(20-10-6-11-22-14-16-8-5-12-23-16)18-13-15-7-3-1-2-4-9-17(15)24-18/h13,16H,1-12,14H2,(H,20,21). The van der Waals surface area contributed by atoms with Crippen LogP contribution >= 0.6 is 11.3 Å². The lowest BCUT2D eigenvalue weighted by atomic mass is 10.00. The zero-order valence-corrected chi connectivity index (χ0v) is 15.3. The molecule has 2 aliphatic rings. The number of rotatable bonds is 7. The number of hydrogen-bond acceptors (Lipinski definition) is 4. The molecule has 0 bridgehead atoms. The highest BCUT2D eigenvalue weighted by atomic mass is 32.1. The molecule has 24 heavy (non-hydrogen) atoms. The molecule has 3 rings (SSSR count). The van der Waals surface area contributed by atoms with Crippen LogP contribution in [0, 0.1) is 0 Å². The maximum atomic E-state index is 12.3. The van der Waals surface area contributed by atoms with Crippen LogP contribution in [0.5, 0.6) is 0 Å². The Hall–Kier alpha value is -0.910. The summed E-state index contributed by atoms with van der Waals surface area (Å²) in [6.07, 6.45) is 10.8. The molecule has 4 nitrogen and oxygen atoms in total. The minimum Gasteiger partial charge on any atom is -0.379 e. The van der Waals surface area contributed by atoms with Gasteiger partial charge in [-0.2, -0.15) is 0 Å². The lowest BCUT2D eigenvalue weighted by molar-refractivity contribution is 0.0166. The maximum Gasteiger partial charge on any atom is 0.261 e. The molecule has 1 aromatic rings. The quantitative estimate of drug-likeness (QED) is 0.762. The monoisotopic (exact) mass is 351 g/mol. The third kappa shape index (κ3) is 5.30. The summed E-state index contributed by atoms with van der Waals surface area (Å²) in [7, 11) is 0. The van der Waals surface area contributed by atoms with Crippen molar-refractivity contribution in [2.45, 2.75) is 63.9 Å². The van der Waals surface area contributed by atoms with E-state index in [0.717, 1.165) is 43.6 Å². The maximum absolute atomic E-state index is 12.3. The van der Waals surface area contributed by atoms with Crippen LogP contribution in [-0.2, 0) is 22.3 Å². The first-order valence-corrected chi connectivity index (χ1v) is 10.2. The summed E-state index contributed by atoms with van der Waals surface area (Å²) in [6, 6.07) is 2.12. The first kappa shape index (κ1) is 17.9. The summed E-state index contributed by atoms with van der Waals surface area (Å²) in [5.41, 5.74) is 1.41. The fourth-order valence-corrected chi connectivity index (χ4v) is 4.58. The zero-order chi connectivity index (χ0) is 16.6. The minimum absolute atomic E-state index is 0.0749. The van der Waals surface area contributed by atoms with Gasteiger partial charge in [0.1, 0.15) is 0 Å². The average molecular weight is 352 g/mol. The number of carbonyl (C=O) groups is 1. The first-order valence-electron chi connectivity index (χ1n) is 9.42. The van der Waals surface area contributed by atoms with Crippen molar-refractivity contribution in [1.82, 2.24) is 5.32 Å². The lowest BCUT2D eigenvalue weighted by Crippen LogP contribution is -2.25. The summed E-state index contributed by atoms with van der Waals surface area (Å²) in [5.74, 6) is 0.0749. The second-order valence-electron chi connectivity index (χ2n) is 6.79. The topological polar surface area (TPSA) is 47.6 Å². The van der Waals surface area contributed by atoms with E-state index in [9.17, 15) is 4.79 Å². The van der Waals surface area contributed by atoms with Gasteiger partial charge >= 0.3 is 0 Å². The predicted molar refractivity (Wildman–Crippen MR) is 96.9 cm³/mol. The van der Waals surface area contributed by atoms with Crippen LogP contribution in [0.25, 0.3) is 0 Å². The van der Waals surface area contributed by atoms with Crippen molar-refractivity contribution in [2.75, 3.05) is 26.4 Å². The van der Waals surface area contributed by atoms with E-state index in [2.05, 4.69) is 11.4 Å². The summed E-state index contributed by atoms with van der Waals surface area (Å²) in [5, 5.41) is 3.03. The second-order valence-corrected chi connectivity index (χ2v) is 7.93. The number of thiophene rings is 1. The van der Waals surface area contributed by atoms with Gasteiger partial charge in [0.15, 0.2) is 0 Å². The summed E-state index contributed by atoms with van der Waals surface area (Å²) >= 11 is 1.69. The van der Waals surface area contributed by atoms with Gasteiger partial charge in [-0.15, -0.1) is 11.3 Å². The van der Waals surface area contributed by atoms with Crippen molar-refractivity contribution in [3.8, 4) is 0 Å². The van der Waals surface area contributed by atoms with Crippen molar-refractivity contribution in [3.63, 3.8) is 0 Å². The van der Waals surface area contributed by atoms with E-state index < -0.39 is 0 Å². The van der Waals surface area contributed by atoms with Crippen molar-refractivity contribution in [3.05, 3.63) is 21.4 Å². The highest BCUT2D eigenvalue weighted by Crippen LogP contribution is 2.28. The van der Waals surface area contributed by atoms with Gasteiger partial charge in [0.05, 0.1) is 17.6 Å². The van der Waals surface area contributed by atoms with E-state index >= 15 is 0 Å². The van der Waals surface area contributed by atoms with Gasteiger partial charge in [0.2, 0.25) is 0 Å². The molecule has 1 unspecified atom stereocenters. The van der Waals surface area contributed by atoms with Gasteiger partial charge in [0.25, 0.3) is 5.91 Å². The summed E-state index contributed by atoms with van der Waals surface area (Å²) in [6.45, 7) is 2.91. The van der Waals surface area contributed by atoms with Crippen LogP contribution < -0.4 is 5.32 Å². The van der Waals surface area contributed by atoms with Crippen LogP contribution in [0.4, 0.5) is 0 Å². The Morgan fingerprint density at radius 1 is 1.25 bits per heavy atom. The Morgan fingerprint density at radius 2 is 2.12 bits per heavy atom. The molecule has 0 radical (unpaired) electrons. The molecule has 0 saturated carbocycles. The van der Waals surface area contributed by atoms with Crippen LogP contribution in [0.3, 0.4) is 0 Å². The fraction of sp³-hybridized carbons (Fsp3) is 0.737. The highest BCUT2D eigenvalue weighted by Gasteiger charge is 2.16. The molecule has 1 atom stereocenters. The van der Waals surface area contributed by atoms with Crippen molar-refractivity contribution in [1.29, 1.82) is 0 Å². The molecule has 1 aliphatic heterocycles. The Labute approximate surface area is 148 Å². The molecule has 1 aliphatic carbocycles. The molecular formula is C19H29NO3S. The third-order valence-corrected chi connectivity index (χ3v) is 6.03. The number of aryl methyl sites for hydroxylation is 2. The Kier molecular flexibility index (Phi) is 7.12. The minimum atomic E-state index is 0.0749. The smallest absolute Gasteiger partial charge is 0.261 e. The number of amides is 1.